The number of hydrogen-bond acceptors (Lipinski definition) is 4. The monoisotopic (exact) mass is 397 g/mol. The third kappa shape index (κ3) is 6.01. The number of amides is 3. The molecule has 150 valence electrons. The number of carbonyl (C=O) groups excluding carboxylic acids is 2. The van der Waals surface area contributed by atoms with Gasteiger partial charge in [-0.25, -0.2) is 4.79 Å². The third-order valence-corrected chi connectivity index (χ3v) is 4.82. The maximum absolute atomic E-state index is 12.6. The summed E-state index contributed by atoms with van der Waals surface area (Å²) in [5.74, 6) is 0.485. The first-order valence-corrected chi connectivity index (χ1v) is 9.48. The Morgan fingerprint density at radius 2 is 2.15 bits per heavy atom. The fraction of sp³-hybridized carbons (Fsp3) is 0.579. The lowest BCUT2D eigenvalue weighted by Crippen LogP contribution is -2.54. The van der Waals surface area contributed by atoms with Crippen LogP contribution in [0, 0.1) is 0 Å². The average molecular weight is 398 g/mol. The fourth-order valence-corrected chi connectivity index (χ4v) is 3.28. The van der Waals surface area contributed by atoms with Gasteiger partial charge in [0.05, 0.1) is 25.2 Å². The van der Waals surface area contributed by atoms with Gasteiger partial charge in [-0.1, -0.05) is 17.7 Å². The molecule has 1 aromatic rings. The molecule has 0 spiro atoms. The highest BCUT2D eigenvalue weighted by molar-refractivity contribution is 6.30. The van der Waals surface area contributed by atoms with Crippen molar-refractivity contribution in [2.24, 2.45) is 0 Å². The molecular formula is C19H28ClN3O4. The molecular weight excluding hydrogens is 370 g/mol. The van der Waals surface area contributed by atoms with Crippen LogP contribution in [0.25, 0.3) is 0 Å². The zero-order valence-corrected chi connectivity index (χ0v) is 16.9. The number of halogens is 1. The first-order valence-electron chi connectivity index (χ1n) is 9.10. The fourth-order valence-electron chi connectivity index (χ4n) is 3.12. The smallest absolute Gasteiger partial charge is 0.317 e. The van der Waals surface area contributed by atoms with E-state index in [0.29, 0.717) is 36.8 Å². The van der Waals surface area contributed by atoms with E-state index in [2.05, 4.69) is 5.32 Å². The zero-order valence-electron chi connectivity index (χ0n) is 16.1. The van der Waals surface area contributed by atoms with E-state index in [1.54, 1.807) is 31.1 Å². The van der Waals surface area contributed by atoms with Crippen molar-refractivity contribution in [3.05, 3.63) is 28.8 Å². The number of β-amino-alcohol motifs (C(OH)–C–C–N with tert-alkyl or cyclic N) is 1. The minimum atomic E-state index is -1.19. The van der Waals surface area contributed by atoms with Gasteiger partial charge in [0, 0.05) is 37.8 Å². The second-order valence-electron chi connectivity index (χ2n) is 7.06. The molecule has 1 atom stereocenters. The van der Waals surface area contributed by atoms with Gasteiger partial charge >= 0.3 is 6.03 Å². The zero-order chi connectivity index (χ0) is 20.0. The molecule has 0 aliphatic carbocycles. The summed E-state index contributed by atoms with van der Waals surface area (Å²) in [5, 5.41) is 14.2. The normalized spacial score (nSPS) is 19.5. The molecule has 3 amide bonds. The maximum Gasteiger partial charge on any atom is 0.317 e. The third-order valence-electron chi connectivity index (χ3n) is 4.58. The molecule has 2 N–H and O–H groups in total. The van der Waals surface area contributed by atoms with Crippen molar-refractivity contribution in [1.82, 2.24) is 15.1 Å². The van der Waals surface area contributed by atoms with E-state index in [-0.39, 0.29) is 31.4 Å². The van der Waals surface area contributed by atoms with Crippen LogP contribution in [0.3, 0.4) is 0 Å². The number of benzene rings is 1. The van der Waals surface area contributed by atoms with Crippen LogP contribution >= 0.6 is 11.6 Å². The molecule has 1 heterocycles. The number of carbonyl (C=O) groups is 2. The minimum Gasteiger partial charge on any atom is -0.493 e. The highest BCUT2D eigenvalue weighted by Crippen LogP contribution is 2.26. The van der Waals surface area contributed by atoms with Crippen LogP contribution in [0.1, 0.15) is 31.7 Å². The van der Waals surface area contributed by atoms with E-state index < -0.39 is 5.60 Å². The molecule has 0 aromatic heterocycles. The van der Waals surface area contributed by atoms with Gasteiger partial charge in [0.2, 0.25) is 5.91 Å². The summed E-state index contributed by atoms with van der Waals surface area (Å²) in [6, 6.07) is 5.01. The van der Waals surface area contributed by atoms with Crippen molar-refractivity contribution in [2.75, 3.05) is 33.8 Å². The van der Waals surface area contributed by atoms with Gasteiger partial charge < -0.3 is 25.0 Å². The Hall–Kier alpha value is -1.99. The van der Waals surface area contributed by atoms with Crippen molar-refractivity contribution >= 4 is 23.5 Å². The summed E-state index contributed by atoms with van der Waals surface area (Å²) < 4.78 is 5.56. The Labute approximate surface area is 165 Å². The molecule has 0 bridgehead atoms. The van der Waals surface area contributed by atoms with Gasteiger partial charge in [-0.05, 0) is 31.9 Å². The van der Waals surface area contributed by atoms with Crippen LogP contribution in [0.5, 0.6) is 5.75 Å². The quantitative estimate of drug-likeness (QED) is 0.771. The number of nitrogens with one attached hydrogen (secondary N) is 1. The maximum atomic E-state index is 12.6. The molecule has 1 unspecified atom stereocenters. The summed E-state index contributed by atoms with van der Waals surface area (Å²) in [6.07, 6.45) is 1.16. The summed E-state index contributed by atoms with van der Waals surface area (Å²) in [5.41, 5.74) is -0.363. The molecule has 27 heavy (non-hydrogen) atoms. The average Bonchev–Trinajstić information content (AvgIpc) is 2.60. The van der Waals surface area contributed by atoms with Crippen molar-refractivity contribution in [3.8, 4) is 5.75 Å². The lowest BCUT2D eigenvalue weighted by molar-refractivity contribution is -0.135. The highest BCUT2D eigenvalue weighted by Gasteiger charge is 2.37. The molecule has 0 radical (unpaired) electrons. The number of urea groups is 1. The Morgan fingerprint density at radius 3 is 2.81 bits per heavy atom. The molecule has 2 rings (SSSR count). The molecule has 7 nitrogen and oxygen atoms in total. The topological polar surface area (TPSA) is 82.1 Å². The lowest BCUT2D eigenvalue weighted by Gasteiger charge is -2.39. The number of aliphatic hydroxyl groups is 1. The molecule has 1 saturated heterocycles. The molecule has 1 aliphatic heterocycles. The van der Waals surface area contributed by atoms with Crippen LogP contribution in [0.4, 0.5) is 4.79 Å². The summed E-state index contributed by atoms with van der Waals surface area (Å²) >= 11 is 6.00. The van der Waals surface area contributed by atoms with Crippen LogP contribution in [-0.4, -0.2) is 66.2 Å². The first kappa shape index (κ1) is 21.3. The van der Waals surface area contributed by atoms with E-state index in [0.717, 1.165) is 5.56 Å². The second kappa shape index (κ2) is 9.28. The van der Waals surface area contributed by atoms with Gasteiger partial charge in [-0.2, -0.15) is 0 Å². The van der Waals surface area contributed by atoms with E-state index in [1.165, 1.54) is 4.90 Å². The highest BCUT2D eigenvalue weighted by atomic mass is 35.5. The van der Waals surface area contributed by atoms with Crippen LogP contribution in [-0.2, 0) is 11.3 Å². The Bertz CT molecular complexity index is 683. The van der Waals surface area contributed by atoms with E-state index >= 15 is 0 Å². The number of likely N-dealkylation sites (tertiary alicyclic amines) is 1. The standard InChI is InChI=1S/C19H28ClN3O4/c1-4-27-16-10-15(20)7-6-14(16)12-21-18(25)23-9-5-8-19(26,13-23)11-17(24)22(2)3/h6-7,10,26H,4-5,8-9,11-13H2,1-3H3,(H,21,25). The number of rotatable bonds is 6. The predicted octanol–water partition coefficient (Wildman–Crippen LogP) is 2.25. The van der Waals surface area contributed by atoms with Crippen molar-refractivity contribution in [3.63, 3.8) is 0 Å². The summed E-state index contributed by atoms with van der Waals surface area (Å²) in [6.45, 7) is 3.35. The van der Waals surface area contributed by atoms with Gasteiger partial charge in [-0.15, -0.1) is 0 Å². The van der Waals surface area contributed by atoms with Crippen molar-refractivity contribution in [2.45, 2.75) is 38.3 Å². The minimum absolute atomic E-state index is 0.00938. The number of piperidine rings is 1. The van der Waals surface area contributed by atoms with Gasteiger partial charge in [0.1, 0.15) is 5.75 Å². The van der Waals surface area contributed by atoms with E-state index in [1.807, 2.05) is 13.0 Å². The Kier molecular flexibility index (Phi) is 7.33. The lowest BCUT2D eigenvalue weighted by atomic mass is 9.89. The van der Waals surface area contributed by atoms with Gasteiger partial charge in [0.25, 0.3) is 0 Å². The van der Waals surface area contributed by atoms with Crippen LogP contribution < -0.4 is 10.1 Å². The number of nitrogens with zero attached hydrogens (tertiary/aromatic N) is 2. The van der Waals surface area contributed by atoms with E-state index in [4.69, 9.17) is 16.3 Å². The SMILES string of the molecule is CCOc1cc(Cl)ccc1CNC(=O)N1CCCC(O)(CC(=O)N(C)C)C1. The molecule has 8 heteroatoms. The van der Waals surface area contributed by atoms with Crippen LogP contribution in [0.2, 0.25) is 5.02 Å². The summed E-state index contributed by atoms with van der Waals surface area (Å²) in [7, 11) is 3.31. The first-order chi connectivity index (χ1) is 12.7. The Morgan fingerprint density at radius 1 is 1.41 bits per heavy atom. The Balaban J connectivity index is 1.97. The second-order valence-corrected chi connectivity index (χ2v) is 7.49. The van der Waals surface area contributed by atoms with Gasteiger partial charge in [-0.3, -0.25) is 4.79 Å². The molecule has 1 aromatic carbocycles. The molecule has 1 aliphatic rings. The van der Waals surface area contributed by atoms with Crippen LogP contribution in [0.15, 0.2) is 18.2 Å². The number of ether oxygens (including phenoxy) is 1. The van der Waals surface area contributed by atoms with Crippen molar-refractivity contribution in [1.29, 1.82) is 0 Å². The van der Waals surface area contributed by atoms with Gasteiger partial charge in [0.15, 0.2) is 0 Å². The largest absolute Gasteiger partial charge is 0.493 e. The summed E-state index contributed by atoms with van der Waals surface area (Å²) in [4.78, 5) is 27.5. The molecule has 0 saturated carbocycles. The number of hydrogen-bond donors (Lipinski definition) is 2. The molecule has 1 fully saturated rings. The predicted molar refractivity (Wildman–Crippen MR) is 104 cm³/mol. The van der Waals surface area contributed by atoms with Crippen molar-refractivity contribution < 1.29 is 19.4 Å². The van der Waals surface area contributed by atoms with E-state index in [9.17, 15) is 14.7 Å².